The van der Waals surface area contributed by atoms with E-state index in [1.807, 2.05) is 54.6 Å². The normalized spacial score (nSPS) is 19.5. The summed E-state index contributed by atoms with van der Waals surface area (Å²) in [4.78, 5) is 12.2. The molecule has 2 atom stereocenters. The van der Waals surface area contributed by atoms with Crippen molar-refractivity contribution in [3.05, 3.63) is 65.2 Å². The maximum Gasteiger partial charge on any atom is 0.138 e. The van der Waals surface area contributed by atoms with Crippen molar-refractivity contribution in [1.82, 2.24) is 0 Å². The summed E-state index contributed by atoms with van der Waals surface area (Å²) < 4.78 is 0. The van der Waals surface area contributed by atoms with Crippen molar-refractivity contribution in [2.75, 3.05) is 5.32 Å². The Morgan fingerprint density at radius 1 is 1.05 bits per heavy atom. The minimum absolute atomic E-state index is 0.0136. The molecule has 0 saturated heterocycles. The molecule has 1 fully saturated rings. The molecule has 1 N–H and O–H groups in total. The van der Waals surface area contributed by atoms with E-state index in [0.717, 1.165) is 29.1 Å². The van der Waals surface area contributed by atoms with Crippen molar-refractivity contribution in [3.8, 4) is 0 Å². The highest BCUT2D eigenvalue weighted by atomic mass is 35.5. The van der Waals surface area contributed by atoms with Crippen molar-refractivity contribution in [1.29, 1.82) is 0 Å². The number of carbonyl (C=O) groups excluding carboxylic acids is 1. The molecule has 1 aliphatic carbocycles. The van der Waals surface area contributed by atoms with Crippen LogP contribution in [-0.4, -0.2) is 5.78 Å². The number of ketones is 1. The maximum absolute atomic E-state index is 12.2. The van der Waals surface area contributed by atoms with E-state index in [1.165, 1.54) is 0 Å². The van der Waals surface area contributed by atoms with Crippen molar-refractivity contribution in [2.45, 2.75) is 25.3 Å². The minimum Gasteiger partial charge on any atom is -0.378 e. The second-order valence-electron chi connectivity index (χ2n) is 5.50. The number of Topliss-reactive ketones (excluding diaryl/α,β-unsaturated/α-hetero) is 1. The number of nitrogens with one attached hydrogen (secondary N) is 1. The first kappa shape index (κ1) is 14.2. The van der Waals surface area contributed by atoms with E-state index < -0.39 is 0 Å². The number of carbonyl (C=O) groups is 1. The number of halogens is 1. The van der Waals surface area contributed by atoms with E-state index in [4.69, 9.17) is 11.6 Å². The van der Waals surface area contributed by atoms with Gasteiger partial charge in [0, 0.05) is 23.0 Å². The fraction of sp³-hybridized carbons (Fsp3) is 0.278. The van der Waals surface area contributed by atoms with Crippen molar-refractivity contribution < 1.29 is 4.79 Å². The zero-order valence-corrected chi connectivity index (χ0v) is 12.5. The number of rotatable bonds is 4. The fourth-order valence-corrected chi connectivity index (χ4v) is 3.12. The van der Waals surface area contributed by atoms with Crippen molar-refractivity contribution in [2.24, 2.45) is 5.92 Å². The van der Waals surface area contributed by atoms with Crippen LogP contribution < -0.4 is 5.32 Å². The Kier molecular flexibility index (Phi) is 4.26. The van der Waals surface area contributed by atoms with Crippen LogP contribution in [0.3, 0.4) is 0 Å². The van der Waals surface area contributed by atoms with Gasteiger partial charge in [0.2, 0.25) is 0 Å². The summed E-state index contributed by atoms with van der Waals surface area (Å²) in [6, 6.07) is 17.8. The third-order valence-corrected chi connectivity index (χ3v) is 4.33. The Balaban J connectivity index is 1.90. The van der Waals surface area contributed by atoms with Crippen LogP contribution in [0.1, 0.15) is 30.9 Å². The molecule has 3 rings (SSSR count). The second kappa shape index (κ2) is 6.31. The van der Waals surface area contributed by atoms with E-state index in [-0.39, 0.29) is 12.0 Å². The van der Waals surface area contributed by atoms with Crippen LogP contribution in [0.15, 0.2) is 54.6 Å². The van der Waals surface area contributed by atoms with Crippen molar-refractivity contribution >= 4 is 23.1 Å². The molecule has 108 valence electrons. The van der Waals surface area contributed by atoms with Gasteiger partial charge in [-0.15, -0.1) is 0 Å². The molecule has 0 heterocycles. The lowest BCUT2D eigenvalue weighted by Crippen LogP contribution is -2.24. The third kappa shape index (κ3) is 3.27. The SMILES string of the molecule is O=C1CCC[C@H]1[C@@H](Nc1ccccc1)c1ccc(Cl)cc1. The van der Waals surface area contributed by atoms with Crippen LogP contribution in [0.25, 0.3) is 0 Å². The zero-order valence-electron chi connectivity index (χ0n) is 11.8. The molecule has 2 aromatic rings. The van der Waals surface area contributed by atoms with E-state index in [2.05, 4.69) is 5.32 Å². The quantitative estimate of drug-likeness (QED) is 0.873. The van der Waals surface area contributed by atoms with Crippen LogP contribution in [0, 0.1) is 5.92 Å². The van der Waals surface area contributed by atoms with Gasteiger partial charge >= 0.3 is 0 Å². The van der Waals surface area contributed by atoms with Crippen LogP contribution in [-0.2, 0) is 4.79 Å². The first-order valence-electron chi connectivity index (χ1n) is 7.34. The molecule has 2 nitrogen and oxygen atoms in total. The Morgan fingerprint density at radius 3 is 2.38 bits per heavy atom. The van der Waals surface area contributed by atoms with Gasteiger partial charge in [0.05, 0.1) is 6.04 Å². The van der Waals surface area contributed by atoms with Gasteiger partial charge in [-0.25, -0.2) is 0 Å². The smallest absolute Gasteiger partial charge is 0.138 e. The average molecular weight is 300 g/mol. The monoisotopic (exact) mass is 299 g/mol. The maximum atomic E-state index is 12.2. The van der Waals surface area contributed by atoms with E-state index in [0.29, 0.717) is 12.2 Å². The molecule has 0 spiro atoms. The number of para-hydroxylation sites is 1. The number of anilines is 1. The van der Waals surface area contributed by atoms with Gasteiger partial charge < -0.3 is 5.32 Å². The number of hydrogen-bond acceptors (Lipinski definition) is 2. The standard InChI is InChI=1S/C18H18ClNO/c19-14-11-9-13(10-12-14)18(16-7-4-8-17(16)21)20-15-5-2-1-3-6-15/h1-3,5-6,9-12,16,18,20H,4,7-8H2/t16-,18+/m1/s1. The molecule has 0 unspecified atom stereocenters. The molecule has 0 aromatic heterocycles. The first-order chi connectivity index (χ1) is 10.2. The molecule has 0 amide bonds. The summed E-state index contributed by atoms with van der Waals surface area (Å²) in [6.45, 7) is 0. The lowest BCUT2D eigenvalue weighted by molar-refractivity contribution is -0.121. The van der Waals surface area contributed by atoms with Gasteiger partial charge in [0.1, 0.15) is 5.78 Å². The van der Waals surface area contributed by atoms with Crippen LogP contribution in [0.5, 0.6) is 0 Å². The molecule has 0 radical (unpaired) electrons. The van der Waals surface area contributed by atoms with Crippen molar-refractivity contribution in [3.63, 3.8) is 0 Å². The predicted molar refractivity (Wildman–Crippen MR) is 86.6 cm³/mol. The lowest BCUT2D eigenvalue weighted by atomic mass is 9.90. The van der Waals surface area contributed by atoms with Crippen LogP contribution >= 0.6 is 11.6 Å². The largest absolute Gasteiger partial charge is 0.378 e. The molecule has 3 heteroatoms. The van der Waals surface area contributed by atoms with Gasteiger partial charge in [-0.05, 0) is 42.7 Å². The molecule has 2 aromatic carbocycles. The minimum atomic E-state index is 0.0136. The number of hydrogen-bond donors (Lipinski definition) is 1. The fourth-order valence-electron chi connectivity index (χ4n) is 3.00. The van der Waals surface area contributed by atoms with Gasteiger partial charge in [0.15, 0.2) is 0 Å². The second-order valence-corrected chi connectivity index (χ2v) is 5.94. The average Bonchev–Trinajstić information content (AvgIpc) is 2.93. The van der Waals surface area contributed by atoms with Gasteiger partial charge in [-0.1, -0.05) is 41.9 Å². The Labute approximate surface area is 130 Å². The highest BCUT2D eigenvalue weighted by molar-refractivity contribution is 6.30. The molecule has 0 aliphatic heterocycles. The lowest BCUT2D eigenvalue weighted by Gasteiger charge is -2.25. The molecule has 1 aliphatic rings. The number of benzene rings is 2. The van der Waals surface area contributed by atoms with Gasteiger partial charge in [0.25, 0.3) is 0 Å². The van der Waals surface area contributed by atoms with Gasteiger partial charge in [-0.3, -0.25) is 4.79 Å². The molecular weight excluding hydrogens is 282 g/mol. The van der Waals surface area contributed by atoms with Crippen LogP contribution in [0.2, 0.25) is 5.02 Å². The molecule has 0 bridgehead atoms. The summed E-state index contributed by atoms with van der Waals surface area (Å²) >= 11 is 5.98. The Bertz CT molecular complexity index is 609. The zero-order chi connectivity index (χ0) is 14.7. The van der Waals surface area contributed by atoms with E-state index >= 15 is 0 Å². The van der Waals surface area contributed by atoms with E-state index in [9.17, 15) is 4.79 Å². The third-order valence-electron chi connectivity index (χ3n) is 4.08. The van der Waals surface area contributed by atoms with Crippen LogP contribution in [0.4, 0.5) is 5.69 Å². The summed E-state index contributed by atoms with van der Waals surface area (Å²) in [7, 11) is 0. The summed E-state index contributed by atoms with van der Waals surface area (Å²) in [6.07, 6.45) is 2.64. The summed E-state index contributed by atoms with van der Waals surface area (Å²) in [5.74, 6) is 0.407. The van der Waals surface area contributed by atoms with E-state index in [1.54, 1.807) is 0 Å². The predicted octanol–water partition coefficient (Wildman–Crippen LogP) is 4.86. The Morgan fingerprint density at radius 2 is 1.76 bits per heavy atom. The summed E-state index contributed by atoms with van der Waals surface area (Å²) in [5.41, 5.74) is 2.15. The first-order valence-corrected chi connectivity index (χ1v) is 7.71. The summed E-state index contributed by atoms with van der Waals surface area (Å²) in [5, 5.41) is 4.24. The highest BCUT2D eigenvalue weighted by Crippen LogP contribution is 2.36. The van der Waals surface area contributed by atoms with Gasteiger partial charge in [-0.2, -0.15) is 0 Å². The Hall–Kier alpha value is -1.80. The molecule has 1 saturated carbocycles. The highest BCUT2D eigenvalue weighted by Gasteiger charge is 2.33. The molecular formula is C18H18ClNO. The topological polar surface area (TPSA) is 29.1 Å². The molecule has 21 heavy (non-hydrogen) atoms.